The normalized spacial score (nSPS) is 13.1. The highest BCUT2D eigenvalue weighted by molar-refractivity contribution is 7.94. The van der Waals surface area contributed by atoms with Crippen molar-refractivity contribution < 1.29 is 33.4 Å². The third-order valence-electron chi connectivity index (χ3n) is 7.10. The van der Waals surface area contributed by atoms with Crippen molar-refractivity contribution in [3.8, 4) is 5.75 Å². The van der Waals surface area contributed by atoms with E-state index in [0.717, 1.165) is 54.6 Å². The summed E-state index contributed by atoms with van der Waals surface area (Å²) in [6, 6.07) is 15.5. The van der Waals surface area contributed by atoms with Crippen molar-refractivity contribution in [3.05, 3.63) is 65.7 Å². The maximum absolute atomic E-state index is 13.6. The number of carbonyl (C=O) groups excluding carboxylic acids is 3. The molecule has 2 aromatic rings. The molecular weight excluding hydrogens is 596 g/mol. The summed E-state index contributed by atoms with van der Waals surface area (Å²) in [6.07, 6.45) is 2.87. The molecule has 0 bridgehead atoms. The molecule has 0 fully saturated rings. The van der Waals surface area contributed by atoms with Crippen LogP contribution in [0.25, 0.3) is 0 Å². The number of amides is 3. The van der Waals surface area contributed by atoms with Gasteiger partial charge in [0.25, 0.3) is 0 Å². The highest BCUT2D eigenvalue weighted by Crippen LogP contribution is 2.16. The molecule has 3 amide bonds. The van der Waals surface area contributed by atoms with Gasteiger partial charge in [0, 0.05) is 45.0 Å². The summed E-state index contributed by atoms with van der Waals surface area (Å²) in [7, 11) is 3.11. The maximum atomic E-state index is 13.6. The predicted octanol–water partition coefficient (Wildman–Crippen LogP) is 3.45. The zero-order valence-corrected chi connectivity index (χ0v) is 27.7. The van der Waals surface area contributed by atoms with E-state index < -0.39 is 30.0 Å². The van der Waals surface area contributed by atoms with Crippen LogP contribution in [0.4, 0.5) is 0 Å². The lowest BCUT2D eigenvalue weighted by atomic mass is 10.0. The second-order valence-corrected chi connectivity index (χ2v) is 11.5. The summed E-state index contributed by atoms with van der Waals surface area (Å²) in [4.78, 5) is 43.5. The molecule has 0 aliphatic carbocycles. The first-order valence-electron chi connectivity index (χ1n) is 15.6. The molecule has 3 atom stereocenters. The van der Waals surface area contributed by atoms with Crippen LogP contribution in [-0.2, 0) is 36.6 Å². The minimum Gasteiger partial charge on any atom is -0.497 e. The van der Waals surface area contributed by atoms with Gasteiger partial charge in [-0.15, -0.1) is 0 Å². The van der Waals surface area contributed by atoms with E-state index in [4.69, 9.17) is 14.0 Å². The molecule has 0 saturated heterocycles. The summed E-state index contributed by atoms with van der Waals surface area (Å²) in [5.74, 6) is -0.403. The van der Waals surface area contributed by atoms with Gasteiger partial charge in [0.05, 0.1) is 31.1 Å². The lowest BCUT2D eigenvalue weighted by Gasteiger charge is -2.27. The van der Waals surface area contributed by atoms with Crippen LogP contribution >= 0.6 is 12.0 Å². The van der Waals surface area contributed by atoms with Crippen LogP contribution in [0.5, 0.6) is 5.75 Å². The van der Waals surface area contributed by atoms with E-state index in [1.165, 1.54) is 7.05 Å². The number of aliphatic hydroxyl groups excluding tert-OH is 1. The van der Waals surface area contributed by atoms with Crippen LogP contribution in [0.2, 0.25) is 0 Å². The monoisotopic (exact) mass is 646 g/mol. The molecule has 0 spiro atoms. The molecule has 11 nitrogen and oxygen atoms in total. The van der Waals surface area contributed by atoms with Gasteiger partial charge in [-0.05, 0) is 42.5 Å². The van der Waals surface area contributed by atoms with Gasteiger partial charge in [-0.25, -0.2) is 4.89 Å². The topological polar surface area (TPSA) is 147 Å². The molecule has 1 unspecified atom stereocenters. The van der Waals surface area contributed by atoms with Crippen molar-refractivity contribution in [2.45, 2.75) is 89.6 Å². The van der Waals surface area contributed by atoms with Crippen molar-refractivity contribution in [2.75, 3.05) is 26.5 Å². The maximum Gasteiger partial charge on any atom is 0.243 e. The van der Waals surface area contributed by atoms with E-state index >= 15 is 0 Å². The molecule has 0 saturated carbocycles. The molecule has 0 heterocycles. The standard InChI is InChI=1S/C33H50N4O7S/c1-5-11-26(12-6-2)43-44-45-23-29(36-32(40)18-17-31(39)34-3)33(41)37-28(20-24-13-8-7-9-14-24)30(38)22-35-21-25-15-10-16-27(19-25)42-4/h7-10,13-16,19,26,28-30,35,38H,5-6,11-12,17-18,20-23H2,1-4H3,(H,34,39)(H,36,40)(H,37,41)/t28-,29?,30+/m0/s1. The molecule has 0 aliphatic rings. The van der Waals surface area contributed by atoms with Gasteiger partial charge in [-0.3, -0.25) is 14.4 Å². The van der Waals surface area contributed by atoms with Gasteiger partial charge in [0.1, 0.15) is 11.8 Å². The number of nitrogens with one attached hydrogen (secondary N) is 4. The van der Waals surface area contributed by atoms with Crippen molar-refractivity contribution in [3.63, 3.8) is 0 Å². The molecule has 2 rings (SSSR count). The minimum atomic E-state index is -0.998. The number of benzene rings is 2. The Labute approximate surface area is 271 Å². The zero-order valence-electron chi connectivity index (χ0n) is 26.9. The van der Waals surface area contributed by atoms with E-state index in [2.05, 4.69) is 35.1 Å². The number of aliphatic hydroxyl groups is 1. The van der Waals surface area contributed by atoms with Crippen molar-refractivity contribution in [2.24, 2.45) is 0 Å². The summed E-state index contributed by atoms with van der Waals surface area (Å²) < 4.78 is 10.7. The minimum absolute atomic E-state index is 0.00650. The van der Waals surface area contributed by atoms with E-state index in [0.29, 0.717) is 13.0 Å². The molecule has 2 aromatic carbocycles. The molecular formula is C33H50N4O7S. The molecule has 12 heteroatoms. The Hall–Kier alpha value is -3.16. The Kier molecular flexibility index (Phi) is 18.9. The van der Waals surface area contributed by atoms with Crippen LogP contribution in [0.3, 0.4) is 0 Å². The molecule has 45 heavy (non-hydrogen) atoms. The number of rotatable bonds is 23. The van der Waals surface area contributed by atoms with Crippen LogP contribution in [0.15, 0.2) is 54.6 Å². The molecule has 0 radical (unpaired) electrons. The lowest BCUT2D eigenvalue weighted by molar-refractivity contribution is -0.234. The van der Waals surface area contributed by atoms with Gasteiger partial charge in [0.15, 0.2) is 0 Å². The van der Waals surface area contributed by atoms with Gasteiger partial charge in [0.2, 0.25) is 17.7 Å². The zero-order chi connectivity index (χ0) is 32.9. The fraction of sp³-hybridized carbons (Fsp3) is 0.545. The number of hydrogen-bond acceptors (Lipinski definition) is 9. The second-order valence-electron chi connectivity index (χ2n) is 10.8. The third kappa shape index (κ3) is 15.6. The van der Waals surface area contributed by atoms with Crippen molar-refractivity contribution >= 4 is 29.8 Å². The van der Waals surface area contributed by atoms with Crippen molar-refractivity contribution in [1.29, 1.82) is 0 Å². The third-order valence-corrected chi connectivity index (χ3v) is 7.74. The highest BCUT2D eigenvalue weighted by Gasteiger charge is 2.28. The van der Waals surface area contributed by atoms with E-state index in [9.17, 15) is 19.5 Å². The summed E-state index contributed by atoms with van der Waals surface area (Å²) in [5, 5.41) is 22.6. The SMILES string of the molecule is CCCC(CCC)OOSCC(NC(=O)CCC(=O)NC)C(=O)N[C@@H](Cc1ccccc1)[C@H](O)CNCc1cccc(OC)c1. The molecule has 5 N–H and O–H groups in total. The lowest BCUT2D eigenvalue weighted by Crippen LogP contribution is -2.55. The fourth-order valence-electron chi connectivity index (χ4n) is 4.59. The Morgan fingerprint density at radius 2 is 1.60 bits per heavy atom. The average Bonchev–Trinajstić information content (AvgIpc) is 3.05. The summed E-state index contributed by atoms with van der Waals surface area (Å²) in [6.45, 7) is 4.85. The van der Waals surface area contributed by atoms with Gasteiger partial charge >= 0.3 is 0 Å². The average molecular weight is 647 g/mol. The van der Waals surface area contributed by atoms with E-state index in [1.807, 2.05) is 54.6 Å². The van der Waals surface area contributed by atoms with E-state index in [1.54, 1.807) is 7.11 Å². The number of hydrogen-bond donors (Lipinski definition) is 5. The Morgan fingerprint density at radius 3 is 2.27 bits per heavy atom. The number of ether oxygens (including phenoxy) is 1. The fourth-order valence-corrected chi connectivity index (χ4v) is 5.18. The largest absolute Gasteiger partial charge is 0.497 e. The number of carbonyl (C=O) groups is 3. The van der Waals surface area contributed by atoms with Crippen LogP contribution in [0, 0.1) is 0 Å². The summed E-state index contributed by atoms with van der Waals surface area (Å²) in [5.41, 5.74) is 1.92. The molecule has 250 valence electrons. The van der Waals surface area contributed by atoms with E-state index in [-0.39, 0.29) is 37.2 Å². The quantitative estimate of drug-likeness (QED) is 0.0530. The first-order chi connectivity index (χ1) is 21.8. The van der Waals surface area contributed by atoms with Gasteiger partial charge in [-0.1, -0.05) is 69.2 Å². The second kappa shape index (κ2) is 22.4. The summed E-state index contributed by atoms with van der Waals surface area (Å²) >= 11 is 0.932. The smallest absolute Gasteiger partial charge is 0.243 e. The first-order valence-corrected chi connectivity index (χ1v) is 16.5. The Balaban J connectivity index is 2.11. The van der Waals surface area contributed by atoms with Crippen LogP contribution < -0.4 is 26.0 Å². The first kappa shape index (κ1) is 38.0. The van der Waals surface area contributed by atoms with Crippen LogP contribution in [0.1, 0.15) is 63.5 Å². The van der Waals surface area contributed by atoms with Gasteiger partial charge in [-0.2, -0.15) is 4.33 Å². The number of methoxy groups -OCH3 is 1. The Bertz CT molecular complexity index is 1140. The molecule has 0 aliphatic heterocycles. The highest BCUT2D eigenvalue weighted by atomic mass is 32.2. The molecule has 0 aromatic heterocycles. The predicted molar refractivity (Wildman–Crippen MR) is 176 cm³/mol. The Morgan fingerprint density at radius 1 is 0.911 bits per heavy atom. The van der Waals surface area contributed by atoms with Gasteiger partial charge < -0.3 is 31.1 Å². The van der Waals surface area contributed by atoms with Crippen molar-refractivity contribution in [1.82, 2.24) is 21.3 Å². The van der Waals surface area contributed by atoms with Crippen LogP contribution in [-0.4, -0.2) is 73.6 Å².